The first-order valence-electron chi connectivity index (χ1n) is 12.1. The minimum Gasteiger partial charge on any atom is -0.433 e. The molecule has 2 aromatic heterocycles. The number of fused-ring (bicyclic) bond motifs is 1. The first-order chi connectivity index (χ1) is 17.7. The van der Waals surface area contributed by atoms with Gasteiger partial charge in [0.2, 0.25) is 0 Å². The second-order valence-corrected chi connectivity index (χ2v) is 14.2. The Morgan fingerprint density at radius 2 is 2.00 bits per heavy atom. The average molecular weight is 570 g/mol. The van der Waals surface area contributed by atoms with Gasteiger partial charge in [0.1, 0.15) is 39.1 Å². The number of aromatic nitrogens is 2. The summed E-state index contributed by atoms with van der Waals surface area (Å²) in [6.45, 7) is 2.59. The number of nitrogens with zero attached hydrogens (tertiary/aromatic N) is 4. The molecule has 0 saturated heterocycles. The number of Topliss-reactive ketones (excluding diaryl/α,β-unsaturated/α-hetero) is 1. The van der Waals surface area contributed by atoms with Crippen molar-refractivity contribution in [1.82, 2.24) is 9.97 Å². The van der Waals surface area contributed by atoms with Crippen molar-refractivity contribution in [3.05, 3.63) is 52.3 Å². The number of ether oxygens (including phenoxy) is 1. The summed E-state index contributed by atoms with van der Waals surface area (Å²) in [4.78, 5) is 26.0. The van der Waals surface area contributed by atoms with Gasteiger partial charge in [-0.05, 0) is 57.6 Å². The molecule has 1 aliphatic carbocycles. The summed E-state index contributed by atoms with van der Waals surface area (Å²) in [7, 11) is -2.96. The number of alkyl halides is 2. The van der Waals surface area contributed by atoms with Gasteiger partial charge in [0, 0.05) is 11.8 Å². The van der Waals surface area contributed by atoms with Crippen LogP contribution in [0.1, 0.15) is 61.9 Å². The number of ketones is 1. The van der Waals surface area contributed by atoms with Crippen LogP contribution in [0.5, 0.6) is 5.75 Å². The Kier molecular flexibility index (Phi) is 6.29. The van der Waals surface area contributed by atoms with Crippen molar-refractivity contribution >= 4 is 32.9 Å². The molecule has 1 spiro atoms. The van der Waals surface area contributed by atoms with Crippen LogP contribution in [0.2, 0.25) is 5.02 Å². The zero-order valence-electron chi connectivity index (χ0n) is 21.0. The van der Waals surface area contributed by atoms with E-state index >= 15 is 4.39 Å². The lowest BCUT2D eigenvalue weighted by atomic mass is 9.84. The summed E-state index contributed by atoms with van der Waals surface area (Å²) in [6, 6.07) is 3.61. The molecule has 2 aromatic rings. The van der Waals surface area contributed by atoms with E-state index in [9.17, 15) is 17.8 Å². The van der Waals surface area contributed by atoms with Crippen LogP contribution < -0.4 is 10.5 Å². The molecule has 3 aliphatic rings. The summed E-state index contributed by atoms with van der Waals surface area (Å²) < 4.78 is 62.7. The van der Waals surface area contributed by atoms with Crippen LogP contribution in [0.15, 0.2) is 33.8 Å². The smallest absolute Gasteiger partial charge is 0.387 e. The molecule has 204 valence electrons. The molecular weight excluding hydrogens is 543 g/mol. The van der Waals surface area contributed by atoms with Crippen LogP contribution in [-0.4, -0.2) is 48.9 Å². The second kappa shape index (κ2) is 8.90. The van der Waals surface area contributed by atoms with Crippen LogP contribution in [0.25, 0.3) is 0 Å². The third-order valence-corrected chi connectivity index (χ3v) is 11.8. The quantitative estimate of drug-likeness (QED) is 0.504. The zero-order valence-corrected chi connectivity index (χ0v) is 22.6. The maximum Gasteiger partial charge on any atom is 0.387 e. The van der Waals surface area contributed by atoms with E-state index in [-0.39, 0.29) is 45.5 Å². The minimum atomic E-state index is -3.07. The monoisotopic (exact) mass is 569 g/mol. The lowest BCUT2D eigenvalue weighted by molar-refractivity contribution is -0.0500. The van der Waals surface area contributed by atoms with Crippen molar-refractivity contribution in [2.75, 3.05) is 6.54 Å². The van der Waals surface area contributed by atoms with Gasteiger partial charge in [-0.3, -0.25) is 14.8 Å². The zero-order chi connectivity index (χ0) is 27.7. The molecular formula is C25H27ClF3N5O3S. The van der Waals surface area contributed by atoms with Gasteiger partial charge in [0.15, 0.2) is 5.78 Å². The summed E-state index contributed by atoms with van der Waals surface area (Å²) in [5, 5.41) is -0.799. The average Bonchev–Trinajstić information content (AvgIpc) is 3.59. The van der Waals surface area contributed by atoms with E-state index in [1.54, 1.807) is 20.8 Å². The first-order valence-corrected chi connectivity index (χ1v) is 14.0. The van der Waals surface area contributed by atoms with E-state index < -0.39 is 43.5 Å². The molecule has 0 bridgehead atoms. The summed E-state index contributed by atoms with van der Waals surface area (Å²) in [6.07, 6.45) is 3.14. The number of pyridine rings is 2. The van der Waals surface area contributed by atoms with E-state index in [1.807, 2.05) is 0 Å². The number of hydrogen-bond acceptors (Lipinski definition) is 8. The topological polar surface area (TPSA) is 120 Å². The molecule has 3 atom stereocenters. The number of carbonyl (C=O) groups excluding carboxylic acids is 1. The SMILES string of the molecule is CC1(C)C(N)=N[C@](C)(c2nc(CC(=O)c3ncc(OC(F)F)cc3Cl)ccc2F)[C@H]2CC3(CC3)CN=[S@@]21=O. The van der Waals surface area contributed by atoms with Crippen LogP contribution in [-0.2, 0) is 21.7 Å². The number of aliphatic imine (C=N–C) groups is 1. The number of nitrogens with two attached hydrogens (primary N) is 1. The van der Waals surface area contributed by atoms with Crippen molar-refractivity contribution in [3.8, 4) is 5.75 Å². The predicted molar refractivity (Wildman–Crippen MR) is 137 cm³/mol. The molecule has 4 heterocycles. The van der Waals surface area contributed by atoms with E-state index in [2.05, 4.69) is 19.1 Å². The minimum absolute atomic E-state index is 0.0583. The molecule has 0 amide bonds. The van der Waals surface area contributed by atoms with Crippen molar-refractivity contribution in [1.29, 1.82) is 0 Å². The normalized spacial score (nSPS) is 28.8. The van der Waals surface area contributed by atoms with Gasteiger partial charge >= 0.3 is 6.61 Å². The Bertz CT molecular complexity index is 1490. The molecule has 8 nitrogen and oxygen atoms in total. The summed E-state index contributed by atoms with van der Waals surface area (Å²) in [5.41, 5.74) is 4.88. The van der Waals surface area contributed by atoms with Crippen LogP contribution >= 0.6 is 11.6 Å². The highest BCUT2D eigenvalue weighted by atomic mass is 35.5. The molecule has 1 fully saturated rings. The van der Waals surface area contributed by atoms with Crippen molar-refractivity contribution in [2.24, 2.45) is 20.5 Å². The predicted octanol–water partition coefficient (Wildman–Crippen LogP) is 4.68. The van der Waals surface area contributed by atoms with Crippen LogP contribution in [0.4, 0.5) is 13.2 Å². The molecule has 0 unspecified atom stereocenters. The Morgan fingerprint density at radius 1 is 1.29 bits per heavy atom. The maximum atomic E-state index is 15.4. The van der Waals surface area contributed by atoms with Gasteiger partial charge < -0.3 is 10.5 Å². The van der Waals surface area contributed by atoms with Gasteiger partial charge in [-0.15, -0.1) is 0 Å². The number of halogens is 4. The molecule has 0 radical (unpaired) electrons. The van der Waals surface area contributed by atoms with Gasteiger partial charge in [0.25, 0.3) is 0 Å². The maximum absolute atomic E-state index is 15.4. The molecule has 38 heavy (non-hydrogen) atoms. The van der Waals surface area contributed by atoms with E-state index in [0.717, 1.165) is 25.1 Å². The van der Waals surface area contributed by atoms with Crippen molar-refractivity contribution in [3.63, 3.8) is 0 Å². The molecule has 5 rings (SSSR count). The number of carbonyl (C=O) groups is 1. The molecule has 2 N–H and O–H groups in total. The Morgan fingerprint density at radius 3 is 2.63 bits per heavy atom. The fraction of sp³-hybridized carbons (Fsp3) is 0.520. The molecule has 0 aromatic carbocycles. The number of rotatable bonds is 6. The largest absolute Gasteiger partial charge is 0.433 e. The van der Waals surface area contributed by atoms with Crippen molar-refractivity contribution < 1.29 is 26.9 Å². The Labute approximate surface area is 223 Å². The number of hydrogen-bond donors (Lipinski definition) is 1. The summed E-state index contributed by atoms with van der Waals surface area (Å²) >= 11 is 6.08. The Balaban J connectivity index is 1.52. The van der Waals surface area contributed by atoms with Crippen molar-refractivity contribution in [2.45, 2.75) is 68.6 Å². The van der Waals surface area contributed by atoms with Crippen LogP contribution in [0, 0.1) is 11.2 Å². The lowest BCUT2D eigenvalue weighted by Gasteiger charge is -2.49. The summed E-state index contributed by atoms with van der Waals surface area (Å²) in [5.74, 6) is -1.40. The lowest BCUT2D eigenvalue weighted by Crippen LogP contribution is -2.61. The van der Waals surface area contributed by atoms with E-state index in [0.29, 0.717) is 13.0 Å². The second-order valence-electron chi connectivity index (χ2n) is 10.8. The molecule has 1 saturated carbocycles. The highest BCUT2D eigenvalue weighted by molar-refractivity contribution is 7.96. The fourth-order valence-electron chi connectivity index (χ4n) is 5.25. The van der Waals surface area contributed by atoms with E-state index in [1.165, 1.54) is 12.1 Å². The van der Waals surface area contributed by atoms with Crippen LogP contribution in [0.3, 0.4) is 0 Å². The fourth-order valence-corrected chi connectivity index (χ4v) is 8.90. The Hall–Kier alpha value is -2.73. The first kappa shape index (κ1) is 26.9. The number of amidine groups is 1. The molecule has 13 heteroatoms. The van der Waals surface area contributed by atoms with Gasteiger partial charge in [0.05, 0.1) is 39.2 Å². The third-order valence-electron chi connectivity index (χ3n) is 7.91. The molecule has 2 aliphatic heterocycles. The van der Waals surface area contributed by atoms with E-state index in [4.69, 9.17) is 22.3 Å². The van der Waals surface area contributed by atoms with Gasteiger partial charge in [-0.25, -0.2) is 17.9 Å². The standard InChI is InChI=1S/C25H27ClF3N5O3S/c1-23(2)21(30)34-24(3,18-10-25(6-7-25)12-32-38(18,23)36)20-16(27)5-4-13(33-20)8-17(35)19-15(26)9-14(11-31-19)37-22(28)29/h4-5,9,11,18,22H,6-8,10,12H2,1-3H3,(H2,30,34)/t18-,24+,38-/m1/s1. The highest BCUT2D eigenvalue weighted by Gasteiger charge is 2.62. The third kappa shape index (κ3) is 4.25. The highest BCUT2D eigenvalue weighted by Crippen LogP contribution is 2.58. The van der Waals surface area contributed by atoms with Gasteiger partial charge in [-0.2, -0.15) is 8.78 Å². The van der Waals surface area contributed by atoms with Gasteiger partial charge in [-0.1, -0.05) is 11.6 Å².